The number of aromatic nitrogens is 1. The van der Waals surface area contributed by atoms with E-state index in [-0.39, 0.29) is 11.6 Å². The van der Waals surface area contributed by atoms with Gasteiger partial charge in [0.15, 0.2) is 0 Å². The molecule has 1 unspecified atom stereocenters. The summed E-state index contributed by atoms with van der Waals surface area (Å²) in [5.41, 5.74) is 4.69. The molecule has 0 saturated carbocycles. The van der Waals surface area contributed by atoms with Crippen LogP contribution in [0.15, 0.2) is 12.1 Å². The molecule has 4 nitrogen and oxygen atoms in total. The van der Waals surface area contributed by atoms with Crippen LogP contribution in [0.3, 0.4) is 0 Å². The Morgan fingerprint density at radius 2 is 2.20 bits per heavy atom. The smallest absolute Gasteiger partial charge is 0.384 e. The molecule has 2 N–H and O–H groups in total. The minimum atomic E-state index is -4.42. The average molecular weight is 289 g/mol. The van der Waals surface area contributed by atoms with Gasteiger partial charge < -0.3 is 15.4 Å². The lowest BCUT2D eigenvalue weighted by Crippen LogP contribution is -2.31. The van der Waals surface area contributed by atoms with Gasteiger partial charge in [-0.3, -0.25) is 0 Å². The Morgan fingerprint density at radius 1 is 1.45 bits per heavy atom. The number of hydrogen-bond acceptors (Lipinski definition) is 4. The van der Waals surface area contributed by atoms with E-state index in [9.17, 15) is 13.2 Å². The minimum absolute atomic E-state index is 0.124. The Hall–Kier alpha value is -1.50. The highest BCUT2D eigenvalue weighted by Crippen LogP contribution is 2.32. The topological polar surface area (TPSA) is 51.4 Å². The van der Waals surface area contributed by atoms with Crippen LogP contribution in [0.5, 0.6) is 0 Å². The zero-order chi connectivity index (χ0) is 14.8. The number of nitrogens with zero attached hydrogens (tertiary/aromatic N) is 2. The summed E-state index contributed by atoms with van der Waals surface area (Å²) >= 11 is 0. The van der Waals surface area contributed by atoms with E-state index < -0.39 is 11.7 Å². The van der Waals surface area contributed by atoms with E-state index in [4.69, 9.17) is 10.5 Å². The van der Waals surface area contributed by atoms with Crippen LogP contribution in [0.25, 0.3) is 0 Å². The van der Waals surface area contributed by atoms with Gasteiger partial charge in [0, 0.05) is 20.2 Å². The normalized spacial score (nSPS) is 19.9. The molecular weight excluding hydrogens is 271 g/mol. The van der Waals surface area contributed by atoms with Crippen molar-refractivity contribution < 1.29 is 17.9 Å². The Morgan fingerprint density at radius 3 is 2.80 bits per heavy atom. The lowest BCUT2D eigenvalue weighted by atomic mass is 10.0. The molecule has 2 rings (SSSR count). The predicted octanol–water partition coefficient (Wildman–Crippen LogP) is 2.55. The van der Waals surface area contributed by atoms with Crippen LogP contribution in [0.4, 0.5) is 24.8 Å². The molecule has 7 heteroatoms. The molecule has 2 heterocycles. The van der Waals surface area contributed by atoms with Crippen LogP contribution in [-0.2, 0) is 10.9 Å². The second-order valence-corrected chi connectivity index (χ2v) is 5.10. The fourth-order valence-corrected chi connectivity index (χ4v) is 2.33. The maximum atomic E-state index is 12.7. The Kier molecular flexibility index (Phi) is 4.37. The molecule has 1 aliphatic heterocycles. The standard InChI is InChI=1S/C13H18F3N3O/c1-19(7-9-3-2-4-20-8-9)12-6-10(13(14,15)16)5-11(17)18-12/h5-6,9H,2-4,7-8H2,1H3,(H2,17,18). The molecule has 1 atom stereocenters. The highest BCUT2D eigenvalue weighted by atomic mass is 19.4. The van der Waals surface area contributed by atoms with Crippen LogP contribution in [0, 0.1) is 5.92 Å². The van der Waals surface area contributed by atoms with Crippen LogP contribution >= 0.6 is 0 Å². The fourth-order valence-electron chi connectivity index (χ4n) is 2.33. The molecule has 112 valence electrons. The summed E-state index contributed by atoms with van der Waals surface area (Å²) in [5, 5.41) is 0. The van der Waals surface area contributed by atoms with Crippen molar-refractivity contribution in [2.75, 3.05) is 37.4 Å². The highest BCUT2D eigenvalue weighted by molar-refractivity contribution is 5.48. The third-order valence-electron chi connectivity index (χ3n) is 3.34. The third kappa shape index (κ3) is 3.75. The summed E-state index contributed by atoms with van der Waals surface area (Å²) in [6.07, 6.45) is -2.42. The molecule has 0 radical (unpaired) electrons. The predicted molar refractivity (Wildman–Crippen MR) is 70.5 cm³/mol. The first-order chi connectivity index (χ1) is 9.36. The van der Waals surface area contributed by atoms with Gasteiger partial charge in [0.05, 0.1) is 12.2 Å². The molecule has 1 aromatic rings. The molecule has 0 aliphatic carbocycles. The van der Waals surface area contributed by atoms with E-state index in [2.05, 4.69) is 4.98 Å². The van der Waals surface area contributed by atoms with Crippen LogP contribution < -0.4 is 10.6 Å². The zero-order valence-corrected chi connectivity index (χ0v) is 11.3. The SMILES string of the molecule is CN(CC1CCCOC1)c1cc(C(F)(F)F)cc(N)n1. The van der Waals surface area contributed by atoms with E-state index in [0.717, 1.165) is 31.6 Å². The summed E-state index contributed by atoms with van der Waals surface area (Å²) in [4.78, 5) is 5.68. The molecule has 0 amide bonds. The van der Waals surface area contributed by atoms with Crippen molar-refractivity contribution in [3.05, 3.63) is 17.7 Å². The number of hydrogen-bond donors (Lipinski definition) is 1. The van der Waals surface area contributed by atoms with Crippen molar-refractivity contribution in [2.45, 2.75) is 19.0 Å². The van der Waals surface area contributed by atoms with E-state index in [0.29, 0.717) is 19.1 Å². The van der Waals surface area contributed by atoms with Gasteiger partial charge in [-0.15, -0.1) is 0 Å². The molecule has 0 aromatic carbocycles. The molecule has 1 aromatic heterocycles. The second kappa shape index (κ2) is 5.87. The summed E-state index contributed by atoms with van der Waals surface area (Å²) < 4.78 is 43.6. The van der Waals surface area contributed by atoms with Gasteiger partial charge in [-0.25, -0.2) is 4.98 Å². The van der Waals surface area contributed by atoms with Crippen molar-refractivity contribution in [1.29, 1.82) is 0 Å². The summed E-state index contributed by atoms with van der Waals surface area (Å²) in [6, 6.07) is 1.88. The van der Waals surface area contributed by atoms with Gasteiger partial charge in [0.25, 0.3) is 0 Å². The van der Waals surface area contributed by atoms with Gasteiger partial charge in [-0.05, 0) is 30.9 Å². The van der Waals surface area contributed by atoms with Gasteiger partial charge in [0.2, 0.25) is 0 Å². The third-order valence-corrected chi connectivity index (χ3v) is 3.34. The van der Waals surface area contributed by atoms with E-state index in [1.165, 1.54) is 0 Å². The first-order valence-corrected chi connectivity index (χ1v) is 6.50. The molecular formula is C13H18F3N3O. The van der Waals surface area contributed by atoms with Crippen molar-refractivity contribution in [3.63, 3.8) is 0 Å². The Bertz CT molecular complexity index is 459. The maximum Gasteiger partial charge on any atom is 0.416 e. The largest absolute Gasteiger partial charge is 0.416 e. The monoisotopic (exact) mass is 289 g/mol. The minimum Gasteiger partial charge on any atom is -0.384 e. The number of halogens is 3. The molecule has 1 fully saturated rings. The number of rotatable bonds is 3. The average Bonchev–Trinajstić information content (AvgIpc) is 2.38. The van der Waals surface area contributed by atoms with Gasteiger partial charge in [-0.2, -0.15) is 13.2 Å². The summed E-state index contributed by atoms with van der Waals surface area (Å²) in [7, 11) is 1.72. The lowest BCUT2D eigenvalue weighted by molar-refractivity contribution is -0.137. The maximum absolute atomic E-state index is 12.7. The summed E-state index contributed by atoms with van der Waals surface area (Å²) in [6.45, 7) is 2.00. The second-order valence-electron chi connectivity index (χ2n) is 5.10. The first-order valence-electron chi connectivity index (χ1n) is 6.50. The molecule has 0 bridgehead atoms. The first kappa shape index (κ1) is 14.9. The number of anilines is 2. The number of ether oxygens (including phenoxy) is 1. The van der Waals surface area contributed by atoms with Gasteiger partial charge in [0.1, 0.15) is 11.6 Å². The van der Waals surface area contributed by atoms with Gasteiger partial charge in [-0.1, -0.05) is 0 Å². The number of pyridine rings is 1. The van der Waals surface area contributed by atoms with Crippen molar-refractivity contribution >= 4 is 11.6 Å². The van der Waals surface area contributed by atoms with Crippen LogP contribution in [0.2, 0.25) is 0 Å². The van der Waals surface area contributed by atoms with Crippen molar-refractivity contribution in [2.24, 2.45) is 5.92 Å². The number of alkyl halides is 3. The highest BCUT2D eigenvalue weighted by Gasteiger charge is 2.32. The zero-order valence-electron chi connectivity index (χ0n) is 11.3. The van der Waals surface area contributed by atoms with E-state index in [1.54, 1.807) is 11.9 Å². The van der Waals surface area contributed by atoms with E-state index >= 15 is 0 Å². The quantitative estimate of drug-likeness (QED) is 0.929. The number of nitrogen functional groups attached to an aromatic ring is 1. The van der Waals surface area contributed by atoms with Gasteiger partial charge >= 0.3 is 6.18 Å². The summed E-state index contributed by atoms with van der Waals surface area (Å²) in [5.74, 6) is 0.427. The van der Waals surface area contributed by atoms with Crippen molar-refractivity contribution in [3.8, 4) is 0 Å². The van der Waals surface area contributed by atoms with Crippen molar-refractivity contribution in [1.82, 2.24) is 4.98 Å². The fraction of sp³-hybridized carbons (Fsp3) is 0.615. The molecule has 0 spiro atoms. The molecule has 1 aliphatic rings. The van der Waals surface area contributed by atoms with Crippen LogP contribution in [0.1, 0.15) is 18.4 Å². The number of nitrogens with two attached hydrogens (primary N) is 1. The lowest BCUT2D eigenvalue weighted by Gasteiger charge is -2.28. The van der Waals surface area contributed by atoms with Crippen LogP contribution in [-0.4, -0.2) is 31.8 Å². The molecule has 1 saturated heterocycles. The molecule has 20 heavy (non-hydrogen) atoms. The Balaban J connectivity index is 2.12. The van der Waals surface area contributed by atoms with E-state index in [1.807, 2.05) is 0 Å². The Labute approximate surface area is 115 Å².